The molecular weight excluding hydrogens is 222 g/mol. The van der Waals surface area contributed by atoms with Gasteiger partial charge in [0.2, 0.25) is 0 Å². The Labute approximate surface area is 108 Å². The predicted molar refractivity (Wildman–Crippen MR) is 73.9 cm³/mol. The standard InChI is InChI=1S/C15H19N3/c1-11-6-5-7-12(2)13(11)10-15(18-16)14-8-3-4-9-17-14/h3-9,15,18H,10,16H2,1-2H3. The van der Waals surface area contributed by atoms with Gasteiger partial charge in [0.05, 0.1) is 11.7 Å². The first-order valence-corrected chi connectivity index (χ1v) is 6.14. The Morgan fingerprint density at radius 2 is 1.83 bits per heavy atom. The van der Waals surface area contributed by atoms with Crippen LogP contribution < -0.4 is 11.3 Å². The zero-order valence-corrected chi connectivity index (χ0v) is 10.9. The van der Waals surface area contributed by atoms with Crippen LogP contribution in [0.1, 0.15) is 28.4 Å². The van der Waals surface area contributed by atoms with Crippen molar-refractivity contribution in [3.05, 3.63) is 65.0 Å². The third-order valence-corrected chi connectivity index (χ3v) is 3.30. The highest BCUT2D eigenvalue weighted by atomic mass is 15.2. The summed E-state index contributed by atoms with van der Waals surface area (Å²) in [7, 11) is 0. The fourth-order valence-corrected chi connectivity index (χ4v) is 2.21. The lowest BCUT2D eigenvalue weighted by Gasteiger charge is -2.18. The van der Waals surface area contributed by atoms with Gasteiger partial charge in [-0.3, -0.25) is 16.3 Å². The van der Waals surface area contributed by atoms with E-state index in [0.717, 1.165) is 12.1 Å². The van der Waals surface area contributed by atoms with Crippen LogP contribution >= 0.6 is 0 Å². The maximum atomic E-state index is 5.66. The minimum Gasteiger partial charge on any atom is -0.271 e. The second kappa shape index (κ2) is 5.76. The maximum absolute atomic E-state index is 5.66. The smallest absolute Gasteiger partial charge is 0.0672 e. The van der Waals surface area contributed by atoms with Gasteiger partial charge in [-0.15, -0.1) is 0 Å². The molecule has 0 fully saturated rings. The van der Waals surface area contributed by atoms with Crippen LogP contribution in [0.4, 0.5) is 0 Å². The zero-order chi connectivity index (χ0) is 13.0. The first-order chi connectivity index (χ1) is 8.72. The van der Waals surface area contributed by atoms with E-state index >= 15 is 0 Å². The number of hydrazine groups is 1. The number of rotatable bonds is 4. The summed E-state index contributed by atoms with van der Waals surface area (Å²) in [4.78, 5) is 4.36. The van der Waals surface area contributed by atoms with Gasteiger partial charge in [0.25, 0.3) is 0 Å². The second-order valence-corrected chi connectivity index (χ2v) is 4.55. The number of nitrogens with zero attached hydrogens (tertiary/aromatic N) is 1. The summed E-state index contributed by atoms with van der Waals surface area (Å²) >= 11 is 0. The molecule has 1 aromatic carbocycles. The van der Waals surface area contributed by atoms with Gasteiger partial charge in [0.15, 0.2) is 0 Å². The third kappa shape index (κ3) is 2.75. The van der Waals surface area contributed by atoms with Crippen molar-refractivity contribution in [1.82, 2.24) is 10.4 Å². The van der Waals surface area contributed by atoms with Crippen molar-refractivity contribution in [2.75, 3.05) is 0 Å². The molecule has 0 spiro atoms. The molecule has 0 amide bonds. The highest BCUT2D eigenvalue weighted by Crippen LogP contribution is 2.21. The minimum absolute atomic E-state index is 0.0472. The molecule has 0 saturated heterocycles. The summed E-state index contributed by atoms with van der Waals surface area (Å²) in [5.41, 5.74) is 7.77. The number of hydrogen-bond donors (Lipinski definition) is 2. The topological polar surface area (TPSA) is 50.9 Å². The van der Waals surface area contributed by atoms with Crippen molar-refractivity contribution in [2.45, 2.75) is 26.3 Å². The highest BCUT2D eigenvalue weighted by molar-refractivity contribution is 5.34. The molecule has 0 saturated carbocycles. The van der Waals surface area contributed by atoms with Gasteiger partial charge in [-0.2, -0.15) is 0 Å². The third-order valence-electron chi connectivity index (χ3n) is 3.30. The van der Waals surface area contributed by atoms with Gasteiger partial charge in [-0.1, -0.05) is 24.3 Å². The number of aryl methyl sites for hydroxylation is 2. The van der Waals surface area contributed by atoms with Crippen LogP contribution in [0.5, 0.6) is 0 Å². The lowest BCUT2D eigenvalue weighted by molar-refractivity contribution is 0.536. The number of nitrogens with two attached hydrogens (primary N) is 1. The average molecular weight is 241 g/mol. The van der Waals surface area contributed by atoms with E-state index in [1.807, 2.05) is 18.2 Å². The lowest BCUT2D eigenvalue weighted by Crippen LogP contribution is -2.30. The summed E-state index contributed by atoms with van der Waals surface area (Å²) in [6.45, 7) is 4.27. The summed E-state index contributed by atoms with van der Waals surface area (Å²) in [5, 5.41) is 0. The number of pyridine rings is 1. The Hall–Kier alpha value is -1.71. The van der Waals surface area contributed by atoms with Crippen LogP contribution in [0.2, 0.25) is 0 Å². The van der Waals surface area contributed by atoms with Gasteiger partial charge in [-0.25, -0.2) is 0 Å². The van der Waals surface area contributed by atoms with E-state index in [1.54, 1.807) is 6.20 Å². The maximum Gasteiger partial charge on any atom is 0.0672 e. The van der Waals surface area contributed by atoms with Crippen molar-refractivity contribution in [3.63, 3.8) is 0 Å². The molecule has 18 heavy (non-hydrogen) atoms. The predicted octanol–water partition coefficient (Wildman–Crippen LogP) is 2.45. The van der Waals surface area contributed by atoms with E-state index in [2.05, 4.69) is 42.5 Å². The van der Waals surface area contributed by atoms with Crippen molar-refractivity contribution in [3.8, 4) is 0 Å². The highest BCUT2D eigenvalue weighted by Gasteiger charge is 2.14. The molecule has 0 radical (unpaired) electrons. The van der Waals surface area contributed by atoms with Gasteiger partial charge >= 0.3 is 0 Å². The Kier molecular flexibility index (Phi) is 4.07. The van der Waals surface area contributed by atoms with Crippen LogP contribution in [0.25, 0.3) is 0 Å². The molecule has 3 heteroatoms. The summed E-state index contributed by atoms with van der Waals surface area (Å²) in [5.74, 6) is 5.66. The van der Waals surface area contributed by atoms with Crippen LogP contribution in [0, 0.1) is 13.8 Å². The molecule has 1 unspecified atom stereocenters. The molecule has 0 bridgehead atoms. The Balaban J connectivity index is 2.26. The molecule has 94 valence electrons. The van der Waals surface area contributed by atoms with E-state index in [1.165, 1.54) is 16.7 Å². The first-order valence-electron chi connectivity index (χ1n) is 6.14. The van der Waals surface area contributed by atoms with E-state index in [0.29, 0.717) is 0 Å². The van der Waals surface area contributed by atoms with Crippen LogP contribution in [-0.4, -0.2) is 4.98 Å². The normalized spacial score (nSPS) is 12.4. The summed E-state index contributed by atoms with van der Waals surface area (Å²) in [6, 6.07) is 12.3. The Bertz CT molecular complexity index is 488. The van der Waals surface area contributed by atoms with Crippen LogP contribution in [0.15, 0.2) is 42.6 Å². The van der Waals surface area contributed by atoms with E-state index in [9.17, 15) is 0 Å². The number of nitrogens with one attached hydrogen (secondary N) is 1. The van der Waals surface area contributed by atoms with Crippen LogP contribution in [0.3, 0.4) is 0 Å². The lowest BCUT2D eigenvalue weighted by atomic mass is 9.95. The van der Waals surface area contributed by atoms with Gasteiger partial charge < -0.3 is 0 Å². The SMILES string of the molecule is Cc1cccc(C)c1CC(NN)c1ccccn1. The molecule has 0 aliphatic rings. The van der Waals surface area contributed by atoms with Gasteiger partial charge in [0, 0.05) is 6.20 Å². The van der Waals surface area contributed by atoms with Crippen molar-refractivity contribution in [1.29, 1.82) is 0 Å². The molecule has 1 atom stereocenters. The Morgan fingerprint density at radius 3 is 2.39 bits per heavy atom. The largest absolute Gasteiger partial charge is 0.271 e. The molecule has 3 nitrogen and oxygen atoms in total. The van der Waals surface area contributed by atoms with Crippen LogP contribution in [-0.2, 0) is 6.42 Å². The molecule has 0 aliphatic heterocycles. The minimum atomic E-state index is 0.0472. The van der Waals surface area contributed by atoms with Gasteiger partial charge in [0.1, 0.15) is 0 Å². The zero-order valence-electron chi connectivity index (χ0n) is 10.9. The molecule has 0 aliphatic carbocycles. The van der Waals surface area contributed by atoms with E-state index in [4.69, 9.17) is 5.84 Å². The second-order valence-electron chi connectivity index (χ2n) is 4.55. The quantitative estimate of drug-likeness (QED) is 0.638. The number of benzene rings is 1. The number of hydrogen-bond acceptors (Lipinski definition) is 3. The molecular formula is C15H19N3. The average Bonchev–Trinajstić information content (AvgIpc) is 2.40. The molecule has 2 aromatic rings. The number of aromatic nitrogens is 1. The molecule has 1 aromatic heterocycles. The molecule has 1 heterocycles. The fourth-order valence-electron chi connectivity index (χ4n) is 2.21. The molecule has 3 N–H and O–H groups in total. The summed E-state index contributed by atoms with van der Waals surface area (Å²) < 4.78 is 0. The summed E-state index contributed by atoms with van der Waals surface area (Å²) in [6.07, 6.45) is 2.65. The Morgan fingerprint density at radius 1 is 1.11 bits per heavy atom. The fraction of sp³-hybridized carbons (Fsp3) is 0.267. The van der Waals surface area contributed by atoms with Crippen molar-refractivity contribution < 1.29 is 0 Å². The monoisotopic (exact) mass is 241 g/mol. The van der Waals surface area contributed by atoms with E-state index < -0.39 is 0 Å². The first kappa shape index (κ1) is 12.7. The van der Waals surface area contributed by atoms with Crippen molar-refractivity contribution in [2.24, 2.45) is 5.84 Å². The molecule has 2 rings (SSSR count). The van der Waals surface area contributed by atoms with Gasteiger partial charge in [-0.05, 0) is 49.1 Å². The van der Waals surface area contributed by atoms with Crippen molar-refractivity contribution >= 4 is 0 Å². The van der Waals surface area contributed by atoms with E-state index in [-0.39, 0.29) is 6.04 Å².